The van der Waals surface area contributed by atoms with Crippen LogP contribution in [0.2, 0.25) is 0 Å². The molecule has 0 aliphatic heterocycles. The number of allylic oxidation sites excluding steroid dienone is 2. The molecule has 20 heavy (non-hydrogen) atoms. The van der Waals surface area contributed by atoms with Gasteiger partial charge in [0, 0.05) is 12.1 Å². The van der Waals surface area contributed by atoms with E-state index in [0.29, 0.717) is 6.54 Å². The monoisotopic (exact) mass is 269 g/mol. The third-order valence-electron chi connectivity index (χ3n) is 3.51. The van der Waals surface area contributed by atoms with Crippen LogP contribution in [-0.4, -0.2) is 18.2 Å². The van der Waals surface area contributed by atoms with Gasteiger partial charge in [0.2, 0.25) is 0 Å². The minimum atomic E-state index is -0.0831. The smallest absolute Gasteiger partial charge is 0.251 e. The fraction of sp³-hybridized carbons (Fsp3) is 0.294. The maximum absolute atomic E-state index is 12.2. The first-order valence-electron chi connectivity index (χ1n) is 6.75. The molecule has 0 saturated carbocycles. The van der Waals surface area contributed by atoms with Crippen LogP contribution >= 0.6 is 0 Å². The van der Waals surface area contributed by atoms with Crippen molar-refractivity contribution in [3.05, 3.63) is 52.6 Å². The van der Waals surface area contributed by atoms with Gasteiger partial charge in [-0.25, -0.2) is 0 Å². The van der Waals surface area contributed by atoms with Gasteiger partial charge in [-0.05, 0) is 55.5 Å². The van der Waals surface area contributed by atoms with Gasteiger partial charge in [0.1, 0.15) is 0 Å². The molecule has 0 unspecified atom stereocenters. The number of fused-ring (bicyclic) bond motifs is 1. The Kier molecular flexibility index (Phi) is 4.18. The summed E-state index contributed by atoms with van der Waals surface area (Å²) < 4.78 is 0. The summed E-state index contributed by atoms with van der Waals surface area (Å²) in [7, 11) is 0. The second kappa shape index (κ2) is 5.87. The first-order chi connectivity index (χ1) is 9.49. The second-order valence-electron chi connectivity index (χ2n) is 5.14. The second-order valence-corrected chi connectivity index (χ2v) is 5.14. The Balaban J connectivity index is 2.08. The molecule has 0 atom stereocenters. The molecule has 1 aliphatic carbocycles. The average Bonchev–Trinajstić information content (AvgIpc) is 2.77. The van der Waals surface area contributed by atoms with Gasteiger partial charge in [0.15, 0.2) is 5.78 Å². The van der Waals surface area contributed by atoms with Crippen molar-refractivity contribution in [3.63, 3.8) is 0 Å². The first kappa shape index (κ1) is 14.3. The molecule has 1 amide bonds. The van der Waals surface area contributed by atoms with E-state index in [1.807, 2.05) is 6.08 Å². The van der Waals surface area contributed by atoms with Crippen LogP contribution < -0.4 is 5.32 Å². The molecule has 104 valence electrons. The van der Waals surface area contributed by atoms with Gasteiger partial charge >= 0.3 is 0 Å². The Morgan fingerprint density at radius 1 is 1.25 bits per heavy atom. The fourth-order valence-electron chi connectivity index (χ4n) is 2.30. The molecule has 0 saturated heterocycles. The van der Waals surface area contributed by atoms with E-state index in [4.69, 9.17) is 0 Å². The Morgan fingerprint density at radius 2 is 1.95 bits per heavy atom. The summed E-state index contributed by atoms with van der Waals surface area (Å²) in [5, 5.41) is 2.81. The van der Waals surface area contributed by atoms with E-state index in [-0.39, 0.29) is 11.7 Å². The maximum Gasteiger partial charge on any atom is 0.251 e. The normalized spacial score (nSPS) is 13.2. The van der Waals surface area contributed by atoms with Crippen LogP contribution in [0.3, 0.4) is 0 Å². The van der Waals surface area contributed by atoms with E-state index in [0.717, 1.165) is 17.6 Å². The summed E-state index contributed by atoms with van der Waals surface area (Å²) >= 11 is 0. The molecule has 2 rings (SSSR count). The minimum absolute atomic E-state index is 0.0178. The molecule has 0 spiro atoms. The molecule has 0 heterocycles. The van der Waals surface area contributed by atoms with E-state index in [2.05, 4.69) is 31.3 Å². The number of nitrogens with one attached hydrogen (secondary N) is 1. The van der Waals surface area contributed by atoms with Crippen molar-refractivity contribution in [3.8, 4) is 0 Å². The Hall–Kier alpha value is -2.16. The lowest BCUT2D eigenvalue weighted by atomic mass is 9.98. The van der Waals surface area contributed by atoms with Gasteiger partial charge in [-0.1, -0.05) is 24.3 Å². The molecule has 3 heteroatoms. The zero-order valence-electron chi connectivity index (χ0n) is 12.1. The number of carbonyl (C=O) groups is 2. The topological polar surface area (TPSA) is 46.2 Å². The van der Waals surface area contributed by atoms with E-state index >= 15 is 0 Å². The van der Waals surface area contributed by atoms with Crippen molar-refractivity contribution < 1.29 is 9.59 Å². The molecule has 0 radical (unpaired) electrons. The number of benzene rings is 1. The summed E-state index contributed by atoms with van der Waals surface area (Å²) in [6.07, 6.45) is 5.90. The lowest BCUT2D eigenvalue weighted by molar-refractivity contribution is -0.115. The highest BCUT2D eigenvalue weighted by Crippen LogP contribution is 2.29. The first-order valence-corrected chi connectivity index (χ1v) is 6.75. The predicted molar refractivity (Wildman–Crippen MR) is 80.4 cm³/mol. The lowest BCUT2D eigenvalue weighted by Gasteiger charge is -2.09. The molecule has 0 bridgehead atoms. The number of ketones is 1. The number of amides is 1. The van der Waals surface area contributed by atoms with Gasteiger partial charge in [-0.15, -0.1) is 0 Å². The molecule has 1 aromatic carbocycles. The maximum atomic E-state index is 12.2. The molecular formula is C17H19NO2. The number of carbonyl (C=O) groups excluding carboxylic acids is 2. The van der Waals surface area contributed by atoms with Gasteiger partial charge in [0.05, 0.1) is 0 Å². The van der Waals surface area contributed by atoms with Crippen LogP contribution in [0.1, 0.15) is 29.2 Å². The highest BCUT2D eigenvalue weighted by atomic mass is 16.1. The summed E-state index contributed by atoms with van der Waals surface area (Å²) in [6, 6.07) is 4.23. The molecule has 0 aromatic heterocycles. The van der Waals surface area contributed by atoms with Gasteiger partial charge in [-0.3, -0.25) is 9.59 Å². The Labute approximate surface area is 119 Å². The van der Waals surface area contributed by atoms with Crippen LogP contribution in [0.15, 0.2) is 30.4 Å². The van der Waals surface area contributed by atoms with Crippen molar-refractivity contribution in [2.24, 2.45) is 0 Å². The largest absolute Gasteiger partial charge is 0.349 e. The molecule has 1 N–H and O–H groups in total. The van der Waals surface area contributed by atoms with Crippen LogP contribution in [0.25, 0.3) is 5.57 Å². The number of rotatable bonds is 4. The number of hydrogen-bond acceptors (Lipinski definition) is 2. The van der Waals surface area contributed by atoms with Crippen LogP contribution in [0.5, 0.6) is 0 Å². The molecule has 3 nitrogen and oxygen atoms in total. The highest BCUT2D eigenvalue weighted by Gasteiger charge is 2.20. The lowest BCUT2D eigenvalue weighted by Crippen LogP contribution is -2.24. The summed E-state index contributed by atoms with van der Waals surface area (Å²) in [4.78, 5) is 22.9. The van der Waals surface area contributed by atoms with Crippen LogP contribution in [-0.2, 0) is 16.0 Å². The summed E-state index contributed by atoms with van der Waals surface area (Å²) in [5.41, 5.74) is 5.42. The van der Waals surface area contributed by atoms with E-state index in [1.165, 1.54) is 29.7 Å². The predicted octanol–water partition coefficient (Wildman–Crippen LogP) is 2.50. The molecule has 0 fully saturated rings. The van der Waals surface area contributed by atoms with E-state index < -0.39 is 0 Å². The van der Waals surface area contributed by atoms with Crippen molar-refractivity contribution in [2.75, 3.05) is 6.54 Å². The SMILES string of the molecule is CC(=O)/C=C/CNC(=O)C1=CCc2cc(C)c(C)cc21. The number of hydrogen-bond donors (Lipinski definition) is 1. The molecule has 1 aliphatic rings. The third-order valence-corrected chi connectivity index (χ3v) is 3.51. The van der Waals surface area contributed by atoms with Crippen LogP contribution in [0, 0.1) is 13.8 Å². The standard InChI is InChI=1S/C17H19NO2/c1-11-9-14-6-7-15(16(14)10-12(11)2)17(20)18-8-4-5-13(3)19/h4-5,7,9-10H,6,8H2,1-3H3,(H,18,20)/b5-4+. The fourth-order valence-corrected chi connectivity index (χ4v) is 2.30. The summed E-state index contributed by atoms with van der Waals surface area (Å²) in [6.45, 7) is 5.99. The number of aryl methyl sites for hydroxylation is 2. The Morgan fingerprint density at radius 3 is 2.65 bits per heavy atom. The Bertz CT molecular complexity index is 624. The zero-order valence-corrected chi connectivity index (χ0v) is 12.1. The molecule has 1 aromatic rings. The average molecular weight is 269 g/mol. The highest BCUT2D eigenvalue weighted by molar-refractivity contribution is 6.21. The summed E-state index contributed by atoms with van der Waals surface area (Å²) in [5.74, 6) is -0.101. The van der Waals surface area contributed by atoms with Crippen molar-refractivity contribution >= 4 is 17.3 Å². The van der Waals surface area contributed by atoms with Gasteiger partial charge in [0.25, 0.3) is 5.91 Å². The van der Waals surface area contributed by atoms with Crippen molar-refractivity contribution in [1.82, 2.24) is 5.32 Å². The zero-order chi connectivity index (χ0) is 14.7. The van der Waals surface area contributed by atoms with Crippen LogP contribution in [0.4, 0.5) is 0 Å². The third kappa shape index (κ3) is 3.05. The van der Waals surface area contributed by atoms with Gasteiger partial charge < -0.3 is 5.32 Å². The van der Waals surface area contributed by atoms with Crippen molar-refractivity contribution in [1.29, 1.82) is 0 Å². The van der Waals surface area contributed by atoms with E-state index in [9.17, 15) is 9.59 Å². The van der Waals surface area contributed by atoms with Crippen molar-refractivity contribution in [2.45, 2.75) is 27.2 Å². The van der Waals surface area contributed by atoms with E-state index in [1.54, 1.807) is 6.08 Å². The minimum Gasteiger partial charge on any atom is -0.349 e. The quantitative estimate of drug-likeness (QED) is 0.854. The van der Waals surface area contributed by atoms with Gasteiger partial charge in [-0.2, -0.15) is 0 Å². The molecular weight excluding hydrogens is 250 g/mol.